The second kappa shape index (κ2) is 7.15. The van der Waals surface area contributed by atoms with E-state index in [4.69, 9.17) is 14.2 Å². The van der Waals surface area contributed by atoms with Crippen molar-refractivity contribution in [3.8, 4) is 0 Å². The second-order valence-electron chi connectivity index (χ2n) is 6.87. The SMILES string of the molecule is C=CC(=O)OC(C)(CC)CC(C)(C)C(=O)OC1CC(C)OC1=O. The lowest BCUT2D eigenvalue weighted by Crippen LogP contribution is -2.41. The first-order valence-electron chi connectivity index (χ1n) is 7.80. The highest BCUT2D eigenvalue weighted by atomic mass is 16.6. The molecule has 0 aromatic heterocycles. The minimum Gasteiger partial charge on any atom is -0.460 e. The van der Waals surface area contributed by atoms with Crippen molar-refractivity contribution in [3.63, 3.8) is 0 Å². The summed E-state index contributed by atoms with van der Waals surface area (Å²) in [6.07, 6.45) is 1.14. The summed E-state index contributed by atoms with van der Waals surface area (Å²) >= 11 is 0. The predicted molar refractivity (Wildman–Crippen MR) is 83.4 cm³/mol. The molecule has 1 saturated heterocycles. The fourth-order valence-corrected chi connectivity index (χ4v) is 2.63. The molecule has 3 atom stereocenters. The largest absolute Gasteiger partial charge is 0.460 e. The van der Waals surface area contributed by atoms with Crippen LogP contribution in [0.3, 0.4) is 0 Å². The molecule has 1 heterocycles. The van der Waals surface area contributed by atoms with E-state index in [-0.39, 0.29) is 12.5 Å². The molecule has 0 aromatic carbocycles. The number of hydrogen-bond acceptors (Lipinski definition) is 6. The van der Waals surface area contributed by atoms with Gasteiger partial charge in [-0.25, -0.2) is 9.59 Å². The molecule has 6 heteroatoms. The number of carbonyl (C=O) groups is 3. The Balaban J connectivity index is 2.75. The van der Waals surface area contributed by atoms with E-state index < -0.39 is 35.0 Å². The van der Waals surface area contributed by atoms with Gasteiger partial charge < -0.3 is 14.2 Å². The summed E-state index contributed by atoms with van der Waals surface area (Å²) in [5.41, 5.74) is -1.74. The van der Waals surface area contributed by atoms with Crippen molar-refractivity contribution >= 4 is 17.9 Å². The maximum absolute atomic E-state index is 12.4. The van der Waals surface area contributed by atoms with Gasteiger partial charge >= 0.3 is 17.9 Å². The number of carbonyl (C=O) groups excluding carboxylic acids is 3. The molecule has 0 radical (unpaired) electrons. The summed E-state index contributed by atoms with van der Waals surface area (Å²) in [6.45, 7) is 12.2. The van der Waals surface area contributed by atoms with E-state index in [2.05, 4.69) is 6.58 Å². The van der Waals surface area contributed by atoms with E-state index in [9.17, 15) is 14.4 Å². The first-order chi connectivity index (χ1) is 10.5. The summed E-state index contributed by atoms with van der Waals surface area (Å²) in [6, 6.07) is 0. The Kier molecular flexibility index (Phi) is 5.97. The van der Waals surface area contributed by atoms with Crippen LogP contribution in [0.5, 0.6) is 0 Å². The molecule has 0 N–H and O–H groups in total. The Morgan fingerprint density at radius 1 is 1.39 bits per heavy atom. The lowest BCUT2D eigenvalue weighted by atomic mass is 9.79. The quantitative estimate of drug-likeness (QED) is 0.406. The summed E-state index contributed by atoms with van der Waals surface area (Å²) in [7, 11) is 0. The number of ether oxygens (including phenoxy) is 3. The molecule has 0 aromatic rings. The third-order valence-corrected chi connectivity index (χ3v) is 4.01. The molecule has 3 unspecified atom stereocenters. The Morgan fingerprint density at radius 2 is 2.00 bits per heavy atom. The van der Waals surface area contributed by atoms with Gasteiger partial charge in [-0.2, -0.15) is 0 Å². The molecule has 0 bridgehead atoms. The molecule has 0 spiro atoms. The number of hydrogen-bond donors (Lipinski definition) is 0. The zero-order valence-electron chi connectivity index (χ0n) is 14.5. The average Bonchev–Trinajstić information content (AvgIpc) is 2.76. The van der Waals surface area contributed by atoms with Crippen LogP contribution in [0.25, 0.3) is 0 Å². The van der Waals surface area contributed by atoms with Crippen LogP contribution in [0, 0.1) is 5.41 Å². The van der Waals surface area contributed by atoms with Crippen molar-refractivity contribution in [2.24, 2.45) is 5.41 Å². The van der Waals surface area contributed by atoms with E-state index in [0.29, 0.717) is 12.8 Å². The predicted octanol–water partition coefficient (Wildman–Crippen LogP) is 2.55. The van der Waals surface area contributed by atoms with Gasteiger partial charge in [0.15, 0.2) is 0 Å². The fourth-order valence-electron chi connectivity index (χ4n) is 2.63. The van der Waals surface area contributed by atoms with Gasteiger partial charge in [-0.05, 0) is 34.1 Å². The molecule has 1 aliphatic heterocycles. The van der Waals surface area contributed by atoms with E-state index in [0.717, 1.165) is 6.08 Å². The van der Waals surface area contributed by atoms with Crippen molar-refractivity contribution in [2.75, 3.05) is 0 Å². The van der Waals surface area contributed by atoms with Crippen molar-refractivity contribution in [1.29, 1.82) is 0 Å². The van der Waals surface area contributed by atoms with Gasteiger partial charge in [-0.15, -0.1) is 0 Å². The van der Waals surface area contributed by atoms with E-state index in [1.807, 2.05) is 6.92 Å². The van der Waals surface area contributed by atoms with Crippen LogP contribution in [-0.4, -0.2) is 35.7 Å². The molecule has 130 valence electrons. The van der Waals surface area contributed by atoms with Crippen LogP contribution in [0.4, 0.5) is 0 Å². The third kappa shape index (κ3) is 5.08. The monoisotopic (exact) mass is 326 g/mol. The Labute approximate surface area is 137 Å². The van der Waals surface area contributed by atoms with Gasteiger partial charge in [-0.3, -0.25) is 4.79 Å². The van der Waals surface area contributed by atoms with Gasteiger partial charge in [0.2, 0.25) is 6.10 Å². The maximum atomic E-state index is 12.4. The van der Waals surface area contributed by atoms with Crippen molar-refractivity contribution in [3.05, 3.63) is 12.7 Å². The number of esters is 3. The van der Waals surface area contributed by atoms with Crippen molar-refractivity contribution in [1.82, 2.24) is 0 Å². The molecular formula is C17H26O6. The minimum atomic E-state index is -0.918. The zero-order valence-corrected chi connectivity index (χ0v) is 14.5. The third-order valence-electron chi connectivity index (χ3n) is 4.01. The van der Waals surface area contributed by atoms with Gasteiger partial charge in [0, 0.05) is 18.9 Å². The lowest BCUT2D eigenvalue weighted by molar-refractivity contribution is -0.173. The molecule has 1 aliphatic rings. The Hall–Kier alpha value is -1.85. The molecule has 23 heavy (non-hydrogen) atoms. The second-order valence-corrected chi connectivity index (χ2v) is 6.87. The standard InChI is InChI=1S/C17H26O6/c1-7-13(18)23-17(6,8-2)10-16(4,5)15(20)22-12-9-11(3)21-14(12)19/h7,11-12H,1,8-10H2,2-6H3. The smallest absolute Gasteiger partial charge is 0.347 e. The van der Waals surface area contributed by atoms with Crippen LogP contribution in [0.2, 0.25) is 0 Å². The van der Waals surface area contributed by atoms with Crippen LogP contribution < -0.4 is 0 Å². The van der Waals surface area contributed by atoms with Gasteiger partial charge in [0.1, 0.15) is 11.7 Å². The van der Waals surface area contributed by atoms with E-state index >= 15 is 0 Å². The summed E-state index contributed by atoms with van der Waals surface area (Å²) in [5.74, 6) is -1.56. The number of rotatable bonds is 7. The maximum Gasteiger partial charge on any atom is 0.347 e. The number of cyclic esters (lactones) is 1. The highest BCUT2D eigenvalue weighted by Crippen LogP contribution is 2.35. The first-order valence-corrected chi connectivity index (χ1v) is 7.80. The Morgan fingerprint density at radius 3 is 2.43 bits per heavy atom. The van der Waals surface area contributed by atoms with Crippen molar-refractivity contribution < 1.29 is 28.6 Å². The molecule has 0 saturated carbocycles. The average molecular weight is 326 g/mol. The zero-order chi connectivity index (χ0) is 17.8. The molecule has 1 rings (SSSR count). The molecular weight excluding hydrogens is 300 g/mol. The van der Waals surface area contributed by atoms with Crippen LogP contribution in [0.15, 0.2) is 12.7 Å². The summed E-state index contributed by atoms with van der Waals surface area (Å²) < 4.78 is 15.7. The van der Waals surface area contributed by atoms with Crippen LogP contribution in [0.1, 0.15) is 53.9 Å². The Bertz CT molecular complexity index is 495. The van der Waals surface area contributed by atoms with E-state index in [1.165, 1.54) is 0 Å². The van der Waals surface area contributed by atoms with Gasteiger partial charge in [0.05, 0.1) is 5.41 Å². The fraction of sp³-hybridized carbons (Fsp3) is 0.706. The topological polar surface area (TPSA) is 78.9 Å². The lowest BCUT2D eigenvalue weighted by Gasteiger charge is -2.35. The van der Waals surface area contributed by atoms with Crippen molar-refractivity contribution in [2.45, 2.75) is 71.7 Å². The molecule has 1 fully saturated rings. The molecule has 6 nitrogen and oxygen atoms in total. The normalized spacial score (nSPS) is 23.6. The first kappa shape index (κ1) is 19.2. The van der Waals surface area contributed by atoms with Gasteiger partial charge in [0.25, 0.3) is 0 Å². The molecule has 0 amide bonds. The summed E-state index contributed by atoms with van der Waals surface area (Å²) in [4.78, 5) is 35.5. The highest BCUT2D eigenvalue weighted by molar-refractivity contribution is 5.83. The minimum absolute atomic E-state index is 0.252. The highest BCUT2D eigenvalue weighted by Gasteiger charge is 2.43. The van der Waals surface area contributed by atoms with Crippen LogP contribution >= 0.6 is 0 Å². The summed E-state index contributed by atoms with van der Waals surface area (Å²) in [5, 5.41) is 0. The van der Waals surface area contributed by atoms with Crippen LogP contribution in [-0.2, 0) is 28.6 Å². The molecule has 0 aliphatic carbocycles. The van der Waals surface area contributed by atoms with Gasteiger partial charge in [-0.1, -0.05) is 13.5 Å². The van der Waals surface area contributed by atoms with E-state index in [1.54, 1.807) is 27.7 Å².